The number of nitrogens with zero attached hydrogens (tertiary/aromatic N) is 1. The van der Waals surface area contributed by atoms with E-state index in [1.807, 2.05) is 36.4 Å². The lowest BCUT2D eigenvalue weighted by atomic mass is 10.1. The third kappa shape index (κ3) is 4.78. The van der Waals surface area contributed by atoms with Gasteiger partial charge in [-0.2, -0.15) is 0 Å². The molecule has 0 aliphatic rings. The lowest BCUT2D eigenvalue weighted by Crippen LogP contribution is -2.30. The molecule has 4 nitrogen and oxygen atoms in total. The molecule has 0 spiro atoms. The van der Waals surface area contributed by atoms with Gasteiger partial charge in [-0.3, -0.25) is 0 Å². The highest BCUT2D eigenvalue weighted by molar-refractivity contribution is 7.21. The van der Waals surface area contributed by atoms with Gasteiger partial charge in [0.15, 0.2) is 0 Å². The van der Waals surface area contributed by atoms with Crippen molar-refractivity contribution in [3.63, 3.8) is 0 Å². The Morgan fingerprint density at radius 3 is 2.69 bits per heavy atom. The van der Waals surface area contributed by atoms with Gasteiger partial charge in [0, 0.05) is 17.8 Å². The van der Waals surface area contributed by atoms with Crippen LogP contribution in [0.4, 0.5) is 14.9 Å². The number of anilines is 1. The number of carbonyl (C=O) groups is 1. The van der Waals surface area contributed by atoms with E-state index >= 15 is 0 Å². The van der Waals surface area contributed by atoms with Crippen LogP contribution in [-0.4, -0.2) is 17.6 Å². The zero-order valence-electron chi connectivity index (χ0n) is 15.9. The number of nitrogens with one attached hydrogen (secondary N) is 2. The largest absolute Gasteiger partial charge is 0.338 e. The van der Waals surface area contributed by atoms with Crippen LogP contribution in [0.25, 0.3) is 20.8 Å². The van der Waals surface area contributed by atoms with Crippen molar-refractivity contribution in [1.82, 2.24) is 10.3 Å². The summed E-state index contributed by atoms with van der Waals surface area (Å²) in [5.74, 6) is -0.268. The summed E-state index contributed by atoms with van der Waals surface area (Å²) in [4.78, 5) is 16.7. The van der Waals surface area contributed by atoms with E-state index in [0.29, 0.717) is 18.7 Å². The molecule has 1 aromatic heterocycles. The maximum Gasteiger partial charge on any atom is 0.319 e. The third-order valence-electron chi connectivity index (χ3n) is 4.52. The lowest BCUT2D eigenvalue weighted by molar-refractivity contribution is 0.252. The van der Waals surface area contributed by atoms with Gasteiger partial charge in [-0.1, -0.05) is 18.2 Å². The van der Waals surface area contributed by atoms with Gasteiger partial charge in [-0.05, 0) is 73.0 Å². The SMILES string of the molecule is Cc1ccc2nc(-c3ccc(NC(=O)NCCc4cccc(F)c4)cc3)sc2c1. The van der Waals surface area contributed by atoms with Crippen LogP contribution in [0.2, 0.25) is 0 Å². The standard InChI is InChI=1S/C23H20FN3OS/c1-15-5-10-20-21(13-15)29-22(27-20)17-6-8-19(9-7-17)26-23(28)25-12-11-16-3-2-4-18(24)14-16/h2-10,13-14H,11-12H2,1H3,(H2,25,26,28). The maximum atomic E-state index is 13.2. The molecule has 0 bridgehead atoms. The fourth-order valence-electron chi connectivity index (χ4n) is 3.04. The Morgan fingerprint density at radius 2 is 1.90 bits per heavy atom. The molecule has 0 aliphatic carbocycles. The molecule has 0 aliphatic heterocycles. The van der Waals surface area contributed by atoms with Crippen LogP contribution in [0.3, 0.4) is 0 Å². The van der Waals surface area contributed by atoms with Crippen molar-refractivity contribution in [3.8, 4) is 10.6 Å². The Labute approximate surface area is 172 Å². The van der Waals surface area contributed by atoms with Crippen molar-refractivity contribution in [3.05, 3.63) is 83.7 Å². The number of urea groups is 1. The van der Waals surface area contributed by atoms with E-state index in [0.717, 1.165) is 21.7 Å². The van der Waals surface area contributed by atoms with Crippen LogP contribution in [0.1, 0.15) is 11.1 Å². The number of hydrogen-bond acceptors (Lipinski definition) is 3. The highest BCUT2D eigenvalue weighted by atomic mass is 32.1. The van der Waals surface area contributed by atoms with Gasteiger partial charge in [0.2, 0.25) is 0 Å². The molecule has 6 heteroatoms. The molecule has 2 amide bonds. The minimum Gasteiger partial charge on any atom is -0.338 e. The van der Waals surface area contributed by atoms with Crippen LogP contribution < -0.4 is 10.6 Å². The molecule has 0 saturated carbocycles. The summed E-state index contributed by atoms with van der Waals surface area (Å²) in [6.07, 6.45) is 0.571. The van der Waals surface area contributed by atoms with Crippen LogP contribution in [0, 0.1) is 12.7 Å². The zero-order chi connectivity index (χ0) is 20.2. The second-order valence-electron chi connectivity index (χ2n) is 6.83. The number of amides is 2. The predicted molar refractivity (Wildman–Crippen MR) is 117 cm³/mol. The van der Waals surface area contributed by atoms with E-state index in [-0.39, 0.29) is 11.8 Å². The minimum absolute atomic E-state index is 0.268. The minimum atomic E-state index is -0.287. The number of rotatable bonds is 5. The molecule has 0 fully saturated rings. The van der Waals surface area contributed by atoms with E-state index in [1.165, 1.54) is 22.4 Å². The average molecular weight is 405 g/mol. The number of hydrogen-bond donors (Lipinski definition) is 2. The van der Waals surface area contributed by atoms with Crippen molar-refractivity contribution in [2.45, 2.75) is 13.3 Å². The smallest absolute Gasteiger partial charge is 0.319 e. The van der Waals surface area contributed by atoms with Crippen LogP contribution in [0.15, 0.2) is 66.7 Å². The van der Waals surface area contributed by atoms with Crippen LogP contribution in [-0.2, 0) is 6.42 Å². The van der Waals surface area contributed by atoms with Gasteiger partial charge in [-0.15, -0.1) is 11.3 Å². The molecular weight excluding hydrogens is 385 g/mol. The third-order valence-corrected chi connectivity index (χ3v) is 5.59. The number of fused-ring (bicyclic) bond motifs is 1. The van der Waals surface area contributed by atoms with E-state index < -0.39 is 0 Å². The Morgan fingerprint density at radius 1 is 1.07 bits per heavy atom. The first-order valence-corrected chi connectivity index (χ1v) is 10.2. The highest BCUT2D eigenvalue weighted by Gasteiger charge is 2.07. The summed E-state index contributed by atoms with van der Waals surface area (Å²) in [7, 11) is 0. The van der Waals surface area contributed by atoms with Crippen LogP contribution in [0.5, 0.6) is 0 Å². The van der Waals surface area contributed by atoms with Gasteiger partial charge >= 0.3 is 6.03 Å². The van der Waals surface area contributed by atoms with Crippen molar-refractivity contribution in [2.75, 3.05) is 11.9 Å². The summed E-state index contributed by atoms with van der Waals surface area (Å²) >= 11 is 1.66. The van der Waals surface area contributed by atoms with Gasteiger partial charge in [-0.25, -0.2) is 14.2 Å². The molecule has 0 unspecified atom stereocenters. The lowest BCUT2D eigenvalue weighted by Gasteiger charge is -2.08. The Kier molecular flexibility index (Phi) is 5.53. The Bertz CT molecular complexity index is 1150. The number of halogens is 1. The average Bonchev–Trinajstić information content (AvgIpc) is 3.12. The monoisotopic (exact) mass is 405 g/mol. The molecule has 2 N–H and O–H groups in total. The quantitative estimate of drug-likeness (QED) is 0.442. The Hall–Kier alpha value is -3.25. The zero-order valence-corrected chi connectivity index (χ0v) is 16.7. The maximum absolute atomic E-state index is 13.2. The summed E-state index contributed by atoms with van der Waals surface area (Å²) in [6, 6.07) is 20.0. The molecule has 0 atom stereocenters. The molecule has 146 valence electrons. The van der Waals surface area contributed by atoms with E-state index in [9.17, 15) is 9.18 Å². The summed E-state index contributed by atoms with van der Waals surface area (Å²) in [6.45, 7) is 2.50. The summed E-state index contributed by atoms with van der Waals surface area (Å²) < 4.78 is 14.3. The van der Waals surface area contributed by atoms with Gasteiger partial charge in [0.1, 0.15) is 10.8 Å². The number of carbonyl (C=O) groups excluding carboxylic acids is 1. The first-order chi connectivity index (χ1) is 14.1. The molecule has 1 heterocycles. The number of aryl methyl sites for hydroxylation is 1. The van der Waals surface area contributed by atoms with Crippen LogP contribution >= 0.6 is 11.3 Å². The molecule has 0 radical (unpaired) electrons. The number of thiazole rings is 1. The van der Waals surface area contributed by atoms with Crippen molar-refractivity contribution < 1.29 is 9.18 Å². The second kappa shape index (κ2) is 8.41. The molecule has 4 rings (SSSR count). The molecule has 3 aromatic carbocycles. The fourth-order valence-corrected chi connectivity index (χ4v) is 4.11. The van der Waals surface area contributed by atoms with E-state index in [4.69, 9.17) is 0 Å². The highest BCUT2D eigenvalue weighted by Crippen LogP contribution is 2.31. The van der Waals surface area contributed by atoms with E-state index in [2.05, 4.69) is 34.7 Å². The van der Waals surface area contributed by atoms with Crippen molar-refractivity contribution in [2.24, 2.45) is 0 Å². The first-order valence-electron chi connectivity index (χ1n) is 9.34. The molecule has 4 aromatic rings. The number of aromatic nitrogens is 1. The molecular formula is C23H20FN3OS. The topological polar surface area (TPSA) is 54.0 Å². The predicted octanol–water partition coefficient (Wildman–Crippen LogP) is 5.78. The summed E-state index contributed by atoms with van der Waals surface area (Å²) in [5.41, 5.74) is 4.78. The van der Waals surface area contributed by atoms with Gasteiger partial charge < -0.3 is 10.6 Å². The molecule has 0 saturated heterocycles. The van der Waals surface area contributed by atoms with Gasteiger partial charge in [0.25, 0.3) is 0 Å². The van der Waals surface area contributed by atoms with Crippen molar-refractivity contribution >= 4 is 33.3 Å². The number of benzene rings is 3. The Balaban J connectivity index is 1.34. The van der Waals surface area contributed by atoms with Gasteiger partial charge in [0.05, 0.1) is 10.2 Å². The van der Waals surface area contributed by atoms with E-state index in [1.54, 1.807) is 17.4 Å². The normalized spacial score (nSPS) is 10.8. The second-order valence-corrected chi connectivity index (χ2v) is 7.86. The first kappa shape index (κ1) is 19.1. The molecule has 29 heavy (non-hydrogen) atoms. The van der Waals surface area contributed by atoms with Crippen molar-refractivity contribution in [1.29, 1.82) is 0 Å². The fraction of sp³-hybridized carbons (Fsp3) is 0.130. The summed E-state index contributed by atoms with van der Waals surface area (Å²) in [5, 5.41) is 6.55.